The lowest BCUT2D eigenvalue weighted by atomic mass is 9.85. The number of rotatable bonds is 2. The lowest BCUT2D eigenvalue weighted by Crippen LogP contribution is -2.29. The van der Waals surface area contributed by atoms with Crippen molar-refractivity contribution in [2.45, 2.75) is 18.4 Å². The molecular formula is C15H16N2O2. The molecule has 1 atom stereocenters. The van der Waals surface area contributed by atoms with E-state index in [9.17, 15) is 4.79 Å². The highest BCUT2D eigenvalue weighted by atomic mass is 16.5. The van der Waals surface area contributed by atoms with Crippen molar-refractivity contribution in [3.63, 3.8) is 0 Å². The molecule has 0 aliphatic carbocycles. The predicted molar refractivity (Wildman–Crippen MR) is 71.9 cm³/mol. The molecule has 0 amide bonds. The van der Waals surface area contributed by atoms with Gasteiger partial charge in [-0.1, -0.05) is 0 Å². The maximum atomic E-state index is 11.9. The molecule has 4 heteroatoms. The van der Waals surface area contributed by atoms with E-state index in [1.165, 1.54) is 0 Å². The molecule has 2 aromatic rings. The first-order valence-corrected chi connectivity index (χ1v) is 6.44. The van der Waals surface area contributed by atoms with Crippen LogP contribution < -0.4 is 5.56 Å². The van der Waals surface area contributed by atoms with E-state index in [0.29, 0.717) is 0 Å². The van der Waals surface area contributed by atoms with Crippen molar-refractivity contribution in [3.05, 3.63) is 64.3 Å². The van der Waals surface area contributed by atoms with Gasteiger partial charge in [0.15, 0.2) is 0 Å². The van der Waals surface area contributed by atoms with E-state index in [1.54, 1.807) is 36.3 Å². The zero-order chi connectivity index (χ0) is 13.3. The summed E-state index contributed by atoms with van der Waals surface area (Å²) in [5.74, 6) is 0. The molecule has 98 valence electrons. The minimum atomic E-state index is -0.490. The highest BCUT2D eigenvalue weighted by Gasteiger charge is 2.39. The van der Waals surface area contributed by atoms with Crippen molar-refractivity contribution in [3.8, 4) is 0 Å². The maximum Gasteiger partial charge on any atom is 0.250 e. The quantitative estimate of drug-likeness (QED) is 0.823. The van der Waals surface area contributed by atoms with Crippen LogP contribution in [0, 0.1) is 0 Å². The number of ether oxygens (including phenoxy) is 1. The van der Waals surface area contributed by atoms with Gasteiger partial charge in [-0.15, -0.1) is 0 Å². The second kappa shape index (κ2) is 4.63. The third-order valence-electron chi connectivity index (χ3n) is 3.74. The summed E-state index contributed by atoms with van der Waals surface area (Å²) >= 11 is 0. The Kier molecular flexibility index (Phi) is 2.95. The Morgan fingerprint density at radius 2 is 2.05 bits per heavy atom. The summed E-state index contributed by atoms with van der Waals surface area (Å²) in [7, 11) is 1.75. The second-order valence-corrected chi connectivity index (χ2v) is 4.88. The zero-order valence-electron chi connectivity index (χ0n) is 10.9. The number of pyridine rings is 2. The molecular weight excluding hydrogens is 240 g/mol. The number of aryl methyl sites for hydroxylation is 1. The summed E-state index contributed by atoms with van der Waals surface area (Å²) in [4.78, 5) is 15.9. The molecule has 0 saturated carbocycles. The lowest BCUT2D eigenvalue weighted by molar-refractivity contribution is 0.0357. The molecule has 2 aromatic heterocycles. The van der Waals surface area contributed by atoms with Crippen LogP contribution in [-0.4, -0.2) is 16.2 Å². The van der Waals surface area contributed by atoms with Gasteiger partial charge in [0.05, 0.1) is 0 Å². The average molecular weight is 256 g/mol. The fourth-order valence-electron chi connectivity index (χ4n) is 2.68. The van der Waals surface area contributed by atoms with Gasteiger partial charge in [-0.25, -0.2) is 0 Å². The fourth-order valence-corrected chi connectivity index (χ4v) is 2.68. The highest BCUT2D eigenvalue weighted by Crippen LogP contribution is 2.41. The van der Waals surface area contributed by atoms with Crippen molar-refractivity contribution in [2.24, 2.45) is 7.05 Å². The third kappa shape index (κ3) is 1.98. The molecule has 3 heterocycles. The van der Waals surface area contributed by atoms with E-state index in [2.05, 4.69) is 4.98 Å². The molecule has 1 aliphatic rings. The Morgan fingerprint density at radius 1 is 1.26 bits per heavy atom. The molecule has 0 aromatic carbocycles. The van der Waals surface area contributed by atoms with E-state index in [1.807, 2.05) is 18.2 Å². The molecule has 1 aliphatic heterocycles. The second-order valence-electron chi connectivity index (χ2n) is 4.88. The van der Waals surface area contributed by atoms with Crippen LogP contribution in [0.2, 0.25) is 0 Å². The van der Waals surface area contributed by atoms with E-state index in [0.717, 1.165) is 30.6 Å². The first-order chi connectivity index (χ1) is 9.22. The number of nitrogens with zero attached hydrogens (tertiary/aromatic N) is 2. The standard InChI is InChI=1S/C15H16N2O2/c1-17-9-5-13(11-14(17)18)15(6-2-10-19-15)12-3-7-16-8-4-12/h3-5,7-9,11H,2,6,10H2,1H3. The summed E-state index contributed by atoms with van der Waals surface area (Å²) in [5.41, 5.74) is 1.49. The Hall–Kier alpha value is -1.94. The molecule has 1 fully saturated rings. The van der Waals surface area contributed by atoms with Gasteiger partial charge in [0.25, 0.3) is 5.56 Å². The van der Waals surface area contributed by atoms with Crippen LogP contribution in [0.3, 0.4) is 0 Å². The van der Waals surface area contributed by atoms with E-state index < -0.39 is 5.60 Å². The van der Waals surface area contributed by atoms with Crippen molar-refractivity contribution in [1.82, 2.24) is 9.55 Å². The minimum absolute atomic E-state index is 0.0126. The summed E-state index contributed by atoms with van der Waals surface area (Å²) in [6, 6.07) is 7.56. The van der Waals surface area contributed by atoms with Crippen molar-refractivity contribution >= 4 is 0 Å². The molecule has 19 heavy (non-hydrogen) atoms. The Balaban J connectivity index is 2.16. The average Bonchev–Trinajstić information content (AvgIpc) is 2.93. The Bertz CT molecular complexity index is 628. The zero-order valence-corrected chi connectivity index (χ0v) is 10.9. The van der Waals surface area contributed by atoms with Crippen molar-refractivity contribution in [1.29, 1.82) is 0 Å². The van der Waals surface area contributed by atoms with Gasteiger partial charge in [-0.3, -0.25) is 9.78 Å². The van der Waals surface area contributed by atoms with Gasteiger partial charge in [0.2, 0.25) is 0 Å². The molecule has 3 rings (SSSR count). The molecule has 1 saturated heterocycles. The van der Waals surface area contributed by atoms with Crippen LogP contribution in [0.5, 0.6) is 0 Å². The van der Waals surface area contributed by atoms with Crippen LogP contribution >= 0.6 is 0 Å². The fraction of sp³-hybridized carbons (Fsp3) is 0.333. The van der Waals surface area contributed by atoms with Gasteiger partial charge < -0.3 is 9.30 Å². The number of hydrogen-bond acceptors (Lipinski definition) is 3. The van der Waals surface area contributed by atoms with E-state index >= 15 is 0 Å². The molecule has 0 spiro atoms. The summed E-state index contributed by atoms with van der Waals surface area (Å²) in [5, 5.41) is 0. The molecule has 0 N–H and O–H groups in total. The molecule has 0 bridgehead atoms. The third-order valence-corrected chi connectivity index (χ3v) is 3.74. The van der Waals surface area contributed by atoms with Gasteiger partial charge in [-0.05, 0) is 42.2 Å². The topological polar surface area (TPSA) is 44.1 Å². The van der Waals surface area contributed by atoms with E-state index in [4.69, 9.17) is 4.74 Å². The minimum Gasteiger partial charge on any atom is -0.366 e. The maximum absolute atomic E-state index is 11.9. The highest BCUT2D eigenvalue weighted by molar-refractivity contribution is 5.35. The monoisotopic (exact) mass is 256 g/mol. The first-order valence-electron chi connectivity index (χ1n) is 6.44. The summed E-state index contributed by atoms with van der Waals surface area (Å²) in [6.45, 7) is 0.720. The van der Waals surface area contributed by atoms with Crippen molar-refractivity contribution < 1.29 is 4.74 Å². The van der Waals surface area contributed by atoms with Gasteiger partial charge in [0.1, 0.15) is 5.60 Å². The van der Waals surface area contributed by atoms with Crippen LogP contribution in [0.15, 0.2) is 47.7 Å². The molecule has 4 nitrogen and oxygen atoms in total. The van der Waals surface area contributed by atoms with Crippen LogP contribution in [0.25, 0.3) is 0 Å². The first kappa shape index (κ1) is 12.1. The lowest BCUT2D eigenvalue weighted by Gasteiger charge is -2.29. The predicted octanol–water partition coefficient (Wildman–Crippen LogP) is 1.83. The van der Waals surface area contributed by atoms with E-state index in [-0.39, 0.29) is 5.56 Å². The van der Waals surface area contributed by atoms with Crippen LogP contribution in [-0.2, 0) is 17.4 Å². The summed E-state index contributed by atoms with van der Waals surface area (Å²) in [6.07, 6.45) is 7.21. The van der Waals surface area contributed by atoms with Crippen LogP contribution in [0.4, 0.5) is 0 Å². The molecule has 0 radical (unpaired) electrons. The van der Waals surface area contributed by atoms with Crippen molar-refractivity contribution in [2.75, 3.05) is 6.61 Å². The number of hydrogen-bond donors (Lipinski definition) is 0. The largest absolute Gasteiger partial charge is 0.366 e. The van der Waals surface area contributed by atoms with Crippen LogP contribution in [0.1, 0.15) is 24.0 Å². The van der Waals surface area contributed by atoms with Gasteiger partial charge >= 0.3 is 0 Å². The van der Waals surface area contributed by atoms with Gasteiger partial charge in [-0.2, -0.15) is 0 Å². The Morgan fingerprint density at radius 3 is 2.68 bits per heavy atom. The smallest absolute Gasteiger partial charge is 0.250 e. The summed E-state index contributed by atoms with van der Waals surface area (Å²) < 4.78 is 7.60. The SMILES string of the molecule is Cn1ccc(C2(c3ccncc3)CCCO2)cc1=O. The Labute approximate surface area is 111 Å². The normalized spacial score (nSPS) is 22.6. The molecule has 1 unspecified atom stereocenters. The van der Waals surface area contributed by atoms with Gasteiger partial charge in [0, 0.05) is 38.3 Å². The number of aromatic nitrogens is 2.